The van der Waals surface area contributed by atoms with E-state index in [9.17, 15) is 9.59 Å². The fourth-order valence-electron chi connectivity index (χ4n) is 3.07. The minimum Gasteiger partial charge on any atom is -0.444 e. The molecule has 0 fully saturated rings. The lowest BCUT2D eigenvalue weighted by molar-refractivity contribution is -0.119. The van der Waals surface area contributed by atoms with Crippen LogP contribution in [0.5, 0.6) is 0 Å². The number of nitrogens with one attached hydrogen (secondary N) is 2. The number of pyridine rings is 1. The third kappa shape index (κ3) is 6.83. The zero-order chi connectivity index (χ0) is 20.7. The number of unbranched alkanes of at least 4 members (excludes halogenated alkanes) is 1. The van der Waals surface area contributed by atoms with E-state index in [1.807, 2.05) is 45.0 Å². The Bertz CT molecular complexity index is 827. The summed E-state index contributed by atoms with van der Waals surface area (Å²) < 4.78 is 5.22. The highest BCUT2D eigenvalue weighted by Gasteiger charge is 2.17. The average molecular weight is 386 g/mol. The highest BCUT2D eigenvalue weighted by molar-refractivity contribution is 5.82. The maximum Gasteiger partial charge on any atom is 0.407 e. The first-order chi connectivity index (χ1) is 13.2. The number of aryl methyl sites for hydroxylation is 1. The van der Waals surface area contributed by atoms with Crippen LogP contribution in [0, 0.1) is 6.92 Å². The molecule has 0 saturated heterocycles. The van der Waals surface area contributed by atoms with Gasteiger partial charge in [-0.1, -0.05) is 18.2 Å². The number of alkyl carbamates (subject to hydrolysis) is 1. The Hall–Kier alpha value is -2.63. The van der Waals surface area contributed by atoms with E-state index in [2.05, 4.69) is 23.6 Å². The molecule has 6 heteroatoms. The predicted octanol–water partition coefficient (Wildman–Crippen LogP) is 4.42. The molecule has 0 bridgehead atoms. The number of fused-ring (bicyclic) bond motifs is 1. The van der Waals surface area contributed by atoms with Crippen molar-refractivity contribution in [2.45, 2.75) is 65.5 Å². The molecule has 0 radical (unpaired) electrons. The summed E-state index contributed by atoms with van der Waals surface area (Å²) >= 11 is 0. The van der Waals surface area contributed by atoms with Crippen LogP contribution < -0.4 is 10.6 Å². The number of carbonyl (C=O) groups excluding carboxylic acids is 2. The van der Waals surface area contributed by atoms with Crippen molar-refractivity contribution < 1.29 is 14.3 Å². The van der Waals surface area contributed by atoms with Crippen LogP contribution in [-0.4, -0.2) is 29.1 Å². The van der Waals surface area contributed by atoms with E-state index in [4.69, 9.17) is 9.72 Å². The van der Waals surface area contributed by atoms with Crippen molar-refractivity contribution >= 4 is 22.9 Å². The summed E-state index contributed by atoms with van der Waals surface area (Å²) in [6, 6.07) is 9.90. The molecule has 0 spiro atoms. The zero-order valence-corrected chi connectivity index (χ0v) is 17.5. The number of ether oxygens (including phenoxy) is 1. The third-order valence-electron chi connectivity index (χ3n) is 4.27. The SMILES string of the molecule is CC(=O)N[C@@H](CCCCNC(=O)OC(C)(C)C)c1cc(C)c2ccccc2n1. The van der Waals surface area contributed by atoms with Crippen molar-refractivity contribution in [3.05, 3.63) is 41.6 Å². The molecule has 0 saturated carbocycles. The molecule has 0 aliphatic carbocycles. The van der Waals surface area contributed by atoms with Crippen LogP contribution in [0.1, 0.15) is 64.3 Å². The summed E-state index contributed by atoms with van der Waals surface area (Å²) in [7, 11) is 0. The van der Waals surface area contributed by atoms with Gasteiger partial charge < -0.3 is 15.4 Å². The Kier molecular flexibility index (Phi) is 7.38. The fourth-order valence-corrected chi connectivity index (χ4v) is 3.07. The number of amides is 2. The number of benzene rings is 1. The summed E-state index contributed by atoms with van der Waals surface area (Å²) in [4.78, 5) is 28.1. The lowest BCUT2D eigenvalue weighted by Crippen LogP contribution is -2.33. The first-order valence-electron chi connectivity index (χ1n) is 9.76. The average Bonchev–Trinajstić information content (AvgIpc) is 2.58. The highest BCUT2D eigenvalue weighted by Crippen LogP contribution is 2.24. The highest BCUT2D eigenvalue weighted by atomic mass is 16.6. The Morgan fingerprint density at radius 2 is 1.89 bits per heavy atom. The van der Waals surface area contributed by atoms with Gasteiger partial charge in [-0.2, -0.15) is 0 Å². The second-order valence-electron chi connectivity index (χ2n) is 8.06. The lowest BCUT2D eigenvalue weighted by atomic mass is 10.0. The summed E-state index contributed by atoms with van der Waals surface area (Å²) in [5, 5.41) is 6.89. The quantitative estimate of drug-likeness (QED) is 0.692. The molecular weight excluding hydrogens is 354 g/mol. The Labute approximate surface area is 167 Å². The summed E-state index contributed by atoms with van der Waals surface area (Å²) in [5.74, 6) is -0.0792. The normalized spacial score (nSPS) is 12.5. The summed E-state index contributed by atoms with van der Waals surface area (Å²) in [5.41, 5.74) is 2.44. The molecule has 1 atom stereocenters. The number of hydrogen-bond donors (Lipinski definition) is 2. The van der Waals surface area contributed by atoms with Gasteiger partial charge in [0, 0.05) is 18.9 Å². The molecule has 2 aromatic rings. The molecule has 2 rings (SSSR count). The third-order valence-corrected chi connectivity index (χ3v) is 4.27. The van der Waals surface area contributed by atoms with Crippen molar-refractivity contribution in [1.29, 1.82) is 0 Å². The summed E-state index contributed by atoms with van der Waals surface area (Å²) in [6.45, 7) is 9.62. The van der Waals surface area contributed by atoms with Crippen LogP contribution in [0.4, 0.5) is 4.79 Å². The van der Waals surface area contributed by atoms with Gasteiger partial charge in [-0.05, 0) is 64.7 Å². The molecule has 6 nitrogen and oxygen atoms in total. The van der Waals surface area contributed by atoms with Gasteiger partial charge in [0.25, 0.3) is 0 Å². The van der Waals surface area contributed by atoms with Gasteiger partial charge in [-0.15, -0.1) is 0 Å². The first kappa shape index (κ1) is 21.7. The minimum atomic E-state index is -0.500. The van der Waals surface area contributed by atoms with E-state index in [0.29, 0.717) is 6.54 Å². The topological polar surface area (TPSA) is 80.3 Å². The molecule has 152 valence electrons. The van der Waals surface area contributed by atoms with Crippen LogP contribution in [0.25, 0.3) is 10.9 Å². The number of para-hydroxylation sites is 1. The molecule has 1 aromatic carbocycles. The van der Waals surface area contributed by atoms with Crippen LogP contribution >= 0.6 is 0 Å². The van der Waals surface area contributed by atoms with Crippen LogP contribution in [0.3, 0.4) is 0 Å². The van der Waals surface area contributed by atoms with Gasteiger partial charge in [0.05, 0.1) is 17.3 Å². The number of aromatic nitrogens is 1. The zero-order valence-electron chi connectivity index (χ0n) is 17.5. The maximum absolute atomic E-state index is 11.7. The van der Waals surface area contributed by atoms with Crippen LogP contribution in [0.15, 0.2) is 30.3 Å². The van der Waals surface area contributed by atoms with Gasteiger partial charge in [0.1, 0.15) is 5.60 Å². The number of rotatable bonds is 7. The molecule has 2 amide bonds. The smallest absolute Gasteiger partial charge is 0.407 e. The Balaban J connectivity index is 1.95. The van der Waals surface area contributed by atoms with E-state index in [1.165, 1.54) is 6.92 Å². The van der Waals surface area contributed by atoms with Crippen molar-refractivity contribution in [3.63, 3.8) is 0 Å². The van der Waals surface area contributed by atoms with Gasteiger partial charge in [0.2, 0.25) is 5.91 Å². The molecule has 2 N–H and O–H groups in total. The number of nitrogens with zero attached hydrogens (tertiary/aromatic N) is 1. The molecule has 0 aliphatic rings. The van der Waals surface area contributed by atoms with E-state index in [-0.39, 0.29) is 11.9 Å². The van der Waals surface area contributed by atoms with Gasteiger partial charge >= 0.3 is 6.09 Å². The molecule has 28 heavy (non-hydrogen) atoms. The van der Waals surface area contributed by atoms with Gasteiger partial charge in [-0.3, -0.25) is 9.78 Å². The van der Waals surface area contributed by atoms with Crippen molar-refractivity contribution in [1.82, 2.24) is 15.6 Å². The number of carbonyl (C=O) groups is 2. The van der Waals surface area contributed by atoms with Crippen molar-refractivity contribution in [2.24, 2.45) is 0 Å². The van der Waals surface area contributed by atoms with Crippen LogP contribution in [-0.2, 0) is 9.53 Å². The lowest BCUT2D eigenvalue weighted by Gasteiger charge is -2.20. The molecule has 0 aliphatic heterocycles. The number of hydrogen-bond acceptors (Lipinski definition) is 4. The molecule has 1 heterocycles. The predicted molar refractivity (Wildman–Crippen MR) is 111 cm³/mol. The molecule has 0 unspecified atom stereocenters. The minimum absolute atomic E-state index is 0.0792. The van der Waals surface area contributed by atoms with Crippen molar-refractivity contribution in [2.75, 3.05) is 6.54 Å². The first-order valence-corrected chi connectivity index (χ1v) is 9.76. The van der Waals surface area contributed by atoms with Crippen LogP contribution in [0.2, 0.25) is 0 Å². The summed E-state index contributed by atoms with van der Waals surface area (Å²) in [6.07, 6.45) is 1.98. The monoisotopic (exact) mass is 385 g/mol. The largest absolute Gasteiger partial charge is 0.444 e. The second-order valence-corrected chi connectivity index (χ2v) is 8.06. The Morgan fingerprint density at radius 3 is 2.57 bits per heavy atom. The van der Waals surface area contributed by atoms with E-state index in [0.717, 1.165) is 41.4 Å². The maximum atomic E-state index is 11.7. The fraction of sp³-hybridized carbons (Fsp3) is 0.500. The van der Waals surface area contributed by atoms with Crippen molar-refractivity contribution in [3.8, 4) is 0 Å². The van der Waals surface area contributed by atoms with E-state index < -0.39 is 11.7 Å². The second kappa shape index (κ2) is 9.53. The Morgan fingerprint density at radius 1 is 1.18 bits per heavy atom. The standard InChI is InChI=1S/C22H31N3O3/c1-15-14-20(25-18-11-7-6-10-17(15)18)19(24-16(2)26)12-8-9-13-23-21(27)28-22(3,4)5/h6-7,10-11,14,19H,8-9,12-13H2,1-5H3,(H,23,27)(H,24,26)/t19-/m0/s1. The van der Waals surface area contributed by atoms with E-state index >= 15 is 0 Å². The van der Waals surface area contributed by atoms with E-state index in [1.54, 1.807) is 0 Å². The van der Waals surface area contributed by atoms with Gasteiger partial charge in [0.15, 0.2) is 0 Å². The molecule has 1 aromatic heterocycles. The van der Waals surface area contributed by atoms with Gasteiger partial charge in [-0.25, -0.2) is 4.79 Å². The molecular formula is C22H31N3O3.